The summed E-state index contributed by atoms with van der Waals surface area (Å²) in [5.41, 5.74) is 2.12. The highest BCUT2D eigenvalue weighted by Crippen LogP contribution is 2.21. The summed E-state index contributed by atoms with van der Waals surface area (Å²) >= 11 is 0. The predicted molar refractivity (Wildman–Crippen MR) is 118 cm³/mol. The second-order valence-electron chi connectivity index (χ2n) is 7.25. The van der Waals surface area contributed by atoms with Crippen molar-refractivity contribution in [2.24, 2.45) is 0 Å². The number of amides is 2. The lowest BCUT2D eigenvalue weighted by molar-refractivity contribution is -0.123. The Morgan fingerprint density at radius 2 is 1.52 bits per heavy atom. The van der Waals surface area contributed by atoms with Crippen molar-refractivity contribution >= 4 is 17.7 Å². The van der Waals surface area contributed by atoms with Gasteiger partial charge >= 0.3 is 6.09 Å². The summed E-state index contributed by atoms with van der Waals surface area (Å²) in [5, 5.41) is 22.8. The number of aliphatic hydroxyl groups is 1. The molecule has 2 amide bonds. The Bertz CT molecular complexity index is 1020. The van der Waals surface area contributed by atoms with E-state index in [1.807, 2.05) is 35.6 Å². The molecule has 0 aromatic heterocycles. The Kier molecular flexibility index (Phi) is 6.89. The average molecular weight is 420 g/mol. The molecule has 0 fully saturated rings. The third kappa shape index (κ3) is 5.83. The number of nitrogens with one attached hydrogen (secondary N) is 2. The maximum absolute atomic E-state index is 12.3. The molecule has 1 atom stereocenters. The lowest BCUT2D eigenvalue weighted by Gasteiger charge is -2.25. The van der Waals surface area contributed by atoms with E-state index in [1.165, 1.54) is 6.92 Å². The Labute approximate surface area is 180 Å². The average Bonchev–Trinajstić information content (AvgIpc) is 2.79. The first-order chi connectivity index (χ1) is 14.9. The van der Waals surface area contributed by atoms with Crippen LogP contribution in [0.1, 0.15) is 12.5 Å². The summed E-state index contributed by atoms with van der Waals surface area (Å²) < 4.78 is 5.80. The standard InChI is InChI=1S/C24H24N2O5/c1-24(16-27,26-23(29)30)22(28)25-20-11-13-21(14-12-20)31-15-17-7-9-19(10-8-17)18-5-3-2-4-6-18/h2-14,26-27H,15-16H2,1H3,(H,25,28)(H,29,30)/t24-/m0/s1. The Morgan fingerprint density at radius 3 is 2.10 bits per heavy atom. The smallest absolute Gasteiger partial charge is 0.405 e. The summed E-state index contributed by atoms with van der Waals surface area (Å²) in [6, 6.07) is 24.9. The largest absolute Gasteiger partial charge is 0.489 e. The molecule has 7 nitrogen and oxygen atoms in total. The fourth-order valence-electron chi connectivity index (χ4n) is 2.90. The molecular weight excluding hydrogens is 396 g/mol. The van der Waals surface area contributed by atoms with E-state index in [0.717, 1.165) is 16.7 Å². The van der Waals surface area contributed by atoms with Crippen LogP contribution in [0.5, 0.6) is 5.75 Å². The van der Waals surface area contributed by atoms with Crippen LogP contribution in [0.15, 0.2) is 78.9 Å². The van der Waals surface area contributed by atoms with E-state index in [9.17, 15) is 14.7 Å². The van der Waals surface area contributed by atoms with Gasteiger partial charge in [0.15, 0.2) is 0 Å². The van der Waals surface area contributed by atoms with Crippen LogP contribution in [0.25, 0.3) is 11.1 Å². The summed E-state index contributed by atoms with van der Waals surface area (Å²) in [6.45, 7) is 1.03. The summed E-state index contributed by atoms with van der Waals surface area (Å²) in [7, 11) is 0. The Balaban J connectivity index is 1.56. The van der Waals surface area contributed by atoms with Crippen molar-refractivity contribution in [2.75, 3.05) is 11.9 Å². The molecule has 3 aromatic carbocycles. The van der Waals surface area contributed by atoms with E-state index >= 15 is 0 Å². The first-order valence-corrected chi connectivity index (χ1v) is 9.70. The van der Waals surface area contributed by atoms with Gasteiger partial charge in [0.05, 0.1) is 6.61 Å². The van der Waals surface area contributed by atoms with Gasteiger partial charge in [0.2, 0.25) is 0 Å². The number of hydrogen-bond donors (Lipinski definition) is 4. The van der Waals surface area contributed by atoms with Crippen molar-refractivity contribution in [3.8, 4) is 16.9 Å². The third-order valence-electron chi connectivity index (χ3n) is 4.78. The fraction of sp³-hybridized carbons (Fsp3) is 0.167. The maximum Gasteiger partial charge on any atom is 0.405 e. The molecule has 0 spiro atoms. The summed E-state index contributed by atoms with van der Waals surface area (Å²) in [5.74, 6) is -0.0386. The molecule has 0 saturated heterocycles. The number of rotatable bonds is 8. The molecule has 0 aliphatic carbocycles. The van der Waals surface area contributed by atoms with E-state index in [1.54, 1.807) is 24.3 Å². The molecule has 0 bridgehead atoms. The van der Waals surface area contributed by atoms with Gasteiger partial charge in [-0.1, -0.05) is 54.6 Å². The van der Waals surface area contributed by atoms with Crippen molar-refractivity contribution < 1.29 is 24.5 Å². The van der Waals surface area contributed by atoms with Gasteiger partial charge in [-0.15, -0.1) is 0 Å². The normalized spacial score (nSPS) is 12.5. The van der Waals surface area contributed by atoms with Crippen LogP contribution < -0.4 is 15.4 Å². The first kappa shape index (κ1) is 21.9. The minimum absolute atomic E-state index is 0.395. The van der Waals surface area contributed by atoms with Gasteiger partial charge in [0, 0.05) is 5.69 Å². The lowest BCUT2D eigenvalue weighted by Crippen LogP contribution is -2.56. The van der Waals surface area contributed by atoms with E-state index in [0.29, 0.717) is 18.0 Å². The lowest BCUT2D eigenvalue weighted by atomic mass is 10.0. The van der Waals surface area contributed by atoms with Crippen LogP contribution in [0, 0.1) is 0 Å². The molecule has 3 rings (SSSR count). The Morgan fingerprint density at radius 1 is 0.903 bits per heavy atom. The minimum Gasteiger partial charge on any atom is -0.489 e. The van der Waals surface area contributed by atoms with E-state index in [4.69, 9.17) is 9.84 Å². The number of carbonyl (C=O) groups is 2. The Hall–Kier alpha value is -3.84. The van der Waals surface area contributed by atoms with Crippen LogP contribution in [-0.2, 0) is 11.4 Å². The number of carbonyl (C=O) groups excluding carboxylic acids is 1. The first-order valence-electron chi connectivity index (χ1n) is 9.70. The van der Waals surface area contributed by atoms with Crippen molar-refractivity contribution in [3.63, 3.8) is 0 Å². The number of hydrogen-bond acceptors (Lipinski definition) is 4. The molecule has 3 aromatic rings. The van der Waals surface area contributed by atoms with Gasteiger partial charge in [-0.3, -0.25) is 4.79 Å². The van der Waals surface area contributed by atoms with Crippen LogP contribution in [-0.4, -0.2) is 34.4 Å². The van der Waals surface area contributed by atoms with Crippen LogP contribution >= 0.6 is 0 Å². The van der Waals surface area contributed by atoms with Gasteiger partial charge in [-0.25, -0.2) is 4.79 Å². The zero-order chi connectivity index (χ0) is 22.3. The molecule has 0 unspecified atom stereocenters. The van der Waals surface area contributed by atoms with Gasteiger partial charge in [0.1, 0.15) is 17.9 Å². The molecule has 0 aliphatic heterocycles. The van der Waals surface area contributed by atoms with Gasteiger partial charge < -0.3 is 25.6 Å². The third-order valence-corrected chi connectivity index (χ3v) is 4.78. The topological polar surface area (TPSA) is 108 Å². The number of benzene rings is 3. The highest BCUT2D eigenvalue weighted by Gasteiger charge is 2.34. The number of carboxylic acid groups (broad SMARTS) is 1. The summed E-state index contributed by atoms with van der Waals surface area (Å²) in [6.07, 6.45) is -1.40. The molecule has 0 saturated carbocycles. The zero-order valence-electron chi connectivity index (χ0n) is 17.0. The van der Waals surface area contributed by atoms with E-state index in [-0.39, 0.29) is 0 Å². The molecular formula is C24H24N2O5. The monoisotopic (exact) mass is 420 g/mol. The van der Waals surface area contributed by atoms with Crippen molar-refractivity contribution in [1.82, 2.24) is 5.32 Å². The molecule has 4 N–H and O–H groups in total. The van der Waals surface area contributed by atoms with E-state index in [2.05, 4.69) is 29.6 Å². The predicted octanol–water partition coefficient (Wildman–Crippen LogP) is 3.89. The molecule has 0 aliphatic rings. The molecule has 7 heteroatoms. The molecule has 0 radical (unpaired) electrons. The van der Waals surface area contributed by atoms with Gasteiger partial charge in [0.25, 0.3) is 5.91 Å². The summed E-state index contributed by atoms with van der Waals surface area (Å²) in [4.78, 5) is 23.1. The number of ether oxygens (including phenoxy) is 1. The maximum atomic E-state index is 12.3. The van der Waals surface area contributed by atoms with Crippen LogP contribution in [0.2, 0.25) is 0 Å². The fourth-order valence-corrected chi connectivity index (χ4v) is 2.90. The van der Waals surface area contributed by atoms with Gasteiger partial charge in [-0.2, -0.15) is 0 Å². The number of aliphatic hydroxyl groups excluding tert-OH is 1. The second-order valence-corrected chi connectivity index (χ2v) is 7.25. The quantitative estimate of drug-likeness (QED) is 0.442. The van der Waals surface area contributed by atoms with E-state index < -0.39 is 24.1 Å². The van der Waals surface area contributed by atoms with Crippen molar-refractivity contribution in [1.29, 1.82) is 0 Å². The van der Waals surface area contributed by atoms with Crippen LogP contribution in [0.4, 0.5) is 10.5 Å². The zero-order valence-corrected chi connectivity index (χ0v) is 17.0. The van der Waals surface area contributed by atoms with Gasteiger partial charge in [-0.05, 0) is 47.9 Å². The van der Waals surface area contributed by atoms with Crippen molar-refractivity contribution in [3.05, 3.63) is 84.4 Å². The molecule has 31 heavy (non-hydrogen) atoms. The SMILES string of the molecule is C[C@@](CO)(NC(=O)O)C(=O)Nc1ccc(OCc2ccc(-c3ccccc3)cc2)cc1. The number of anilines is 1. The minimum atomic E-state index is -1.65. The highest BCUT2D eigenvalue weighted by atomic mass is 16.5. The second kappa shape index (κ2) is 9.77. The molecule has 160 valence electrons. The highest BCUT2D eigenvalue weighted by molar-refractivity contribution is 5.99. The van der Waals surface area contributed by atoms with Crippen LogP contribution in [0.3, 0.4) is 0 Å². The van der Waals surface area contributed by atoms with Crippen molar-refractivity contribution in [2.45, 2.75) is 19.1 Å². The molecule has 0 heterocycles.